The first kappa shape index (κ1) is 36.1. The predicted molar refractivity (Wildman–Crippen MR) is 269 cm³/mol. The van der Waals surface area contributed by atoms with E-state index in [4.69, 9.17) is 8.75 Å². The van der Waals surface area contributed by atoms with E-state index < -0.39 is 0 Å². The summed E-state index contributed by atoms with van der Waals surface area (Å²) in [7, 11) is 0. The van der Waals surface area contributed by atoms with E-state index in [0.29, 0.717) is 0 Å². The zero-order chi connectivity index (χ0) is 40.7. The average Bonchev–Trinajstić information content (AvgIpc) is 3.79. The van der Waals surface area contributed by atoms with Gasteiger partial charge in [-0.05, 0) is 183 Å². The molecule has 61 heavy (non-hydrogen) atoms. The molecule has 0 atom stereocenters. The van der Waals surface area contributed by atoms with Crippen molar-refractivity contribution < 1.29 is 0 Å². The lowest BCUT2D eigenvalue weighted by Crippen LogP contribution is -2.02. The number of aromatic nitrogens is 2. The fourth-order valence-electron chi connectivity index (χ4n) is 12.3. The molecule has 1 heterocycles. The third-order valence-corrected chi connectivity index (χ3v) is 15.5. The van der Waals surface area contributed by atoms with Crippen LogP contribution in [-0.4, -0.2) is 8.75 Å². The summed E-state index contributed by atoms with van der Waals surface area (Å²) in [6.45, 7) is 9.33. The normalized spacial score (nSPS) is 13.0. The Bertz CT molecular complexity index is 3620. The summed E-state index contributed by atoms with van der Waals surface area (Å²) in [6, 6.07) is 34.4. The van der Waals surface area contributed by atoms with Crippen molar-refractivity contribution in [3.8, 4) is 0 Å². The van der Waals surface area contributed by atoms with Crippen LogP contribution in [0.1, 0.15) is 101 Å². The molecule has 0 spiro atoms. The van der Waals surface area contributed by atoms with Gasteiger partial charge in [-0.25, -0.2) is 0 Å². The van der Waals surface area contributed by atoms with Gasteiger partial charge in [0.1, 0.15) is 11.0 Å². The summed E-state index contributed by atoms with van der Waals surface area (Å²) in [5, 5.41) is 30.8. The van der Waals surface area contributed by atoms with Crippen molar-refractivity contribution in [3.05, 3.63) is 107 Å². The third-order valence-electron chi connectivity index (χ3n) is 15.0. The molecule has 0 radical (unpaired) electrons. The van der Waals surface area contributed by atoms with Crippen molar-refractivity contribution in [2.24, 2.45) is 0 Å². The van der Waals surface area contributed by atoms with Gasteiger partial charge in [0.15, 0.2) is 0 Å². The zero-order valence-electron chi connectivity index (χ0n) is 35.9. The summed E-state index contributed by atoms with van der Waals surface area (Å²) in [4.78, 5) is 0. The highest BCUT2D eigenvalue weighted by Gasteiger charge is 2.31. The Morgan fingerprint density at radius 3 is 1.18 bits per heavy atom. The smallest absolute Gasteiger partial charge is 0.113 e. The van der Waals surface area contributed by atoms with E-state index in [2.05, 4.69) is 113 Å². The molecule has 0 saturated heterocycles. The highest BCUT2D eigenvalue weighted by atomic mass is 32.1. The van der Waals surface area contributed by atoms with E-state index in [1.54, 1.807) is 0 Å². The third kappa shape index (κ3) is 4.68. The van der Waals surface area contributed by atoms with Crippen LogP contribution in [0.2, 0.25) is 0 Å². The minimum Gasteiger partial charge on any atom is -0.172 e. The van der Waals surface area contributed by atoms with Gasteiger partial charge in [0.25, 0.3) is 0 Å². The Labute approximate surface area is 360 Å². The lowest BCUT2D eigenvalue weighted by atomic mass is 9.74. The number of aryl methyl sites for hydroxylation is 4. The van der Waals surface area contributed by atoms with Gasteiger partial charge in [0, 0.05) is 21.5 Å². The maximum Gasteiger partial charge on any atom is 0.113 e. The first-order valence-corrected chi connectivity index (χ1v) is 24.2. The van der Waals surface area contributed by atoms with Crippen molar-refractivity contribution in [1.29, 1.82) is 0 Å². The fraction of sp³-hybridized carbons (Fsp3) is 0.276. The topological polar surface area (TPSA) is 25.8 Å². The molecule has 0 N–H and O–H groups in total. The monoisotopic (exact) mass is 806 g/mol. The Morgan fingerprint density at radius 1 is 0.328 bits per heavy atom. The number of rotatable bonds is 12. The highest BCUT2D eigenvalue weighted by Crippen LogP contribution is 2.58. The zero-order valence-corrected chi connectivity index (χ0v) is 36.7. The van der Waals surface area contributed by atoms with E-state index in [0.717, 1.165) is 36.7 Å². The van der Waals surface area contributed by atoms with Crippen LogP contribution in [0.15, 0.2) is 84.9 Å². The van der Waals surface area contributed by atoms with Gasteiger partial charge >= 0.3 is 0 Å². The summed E-state index contributed by atoms with van der Waals surface area (Å²) >= 11 is 1.39. The van der Waals surface area contributed by atoms with Crippen LogP contribution in [0.25, 0.3) is 130 Å². The van der Waals surface area contributed by atoms with Crippen molar-refractivity contribution in [1.82, 2.24) is 8.75 Å². The molecule has 13 rings (SSSR count). The first-order valence-electron chi connectivity index (χ1n) is 23.4. The van der Waals surface area contributed by atoms with Crippen molar-refractivity contribution in [2.75, 3.05) is 0 Å². The molecule has 2 nitrogen and oxygen atoms in total. The van der Waals surface area contributed by atoms with Gasteiger partial charge in [-0.1, -0.05) is 126 Å². The molecule has 0 aliphatic carbocycles. The van der Waals surface area contributed by atoms with Crippen LogP contribution >= 0.6 is 11.7 Å². The van der Waals surface area contributed by atoms with E-state index >= 15 is 0 Å². The molecule has 0 aliphatic heterocycles. The number of unbranched alkanes of at least 4 members (excludes halogenated alkanes) is 4. The van der Waals surface area contributed by atoms with Gasteiger partial charge < -0.3 is 0 Å². The molecule has 0 bridgehead atoms. The maximum atomic E-state index is 5.30. The summed E-state index contributed by atoms with van der Waals surface area (Å²) in [5.74, 6) is 0. The lowest BCUT2D eigenvalue weighted by Gasteiger charge is -2.28. The SMILES string of the molecule is CCCCc1ccc2c(c1)c1cc(CCCC)c3c4c(CCCC)cc5c6cc(CCCC)ccc6c6cccc7c6c5c4c4c7c5nsnc5c5c6cccc2c6c1c3c54. The summed E-state index contributed by atoms with van der Waals surface area (Å²) in [5.41, 5.74) is 8.07. The van der Waals surface area contributed by atoms with Gasteiger partial charge in [-0.15, -0.1) is 0 Å². The van der Waals surface area contributed by atoms with Crippen molar-refractivity contribution in [2.45, 2.75) is 105 Å². The molecule has 0 amide bonds. The average molecular weight is 807 g/mol. The van der Waals surface area contributed by atoms with E-state index in [-0.39, 0.29) is 0 Å². The molecule has 1 aromatic heterocycles. The number of hydrogen-bond donors (Lipinski definition) is 0. The van der Waals surface area contributed by atoms with Crippen LogP contribution in [0.3, 0.4) is 0 Å². The van der Waals surface area contributed by atoms with E-state index in [1.807, 2.05) is 0 Å². The highest BCUT2D eigenvalue weighted by molar-refractivity contribution is 7.00. The summed E-state index contributed by atoms with van der Waals surface area (Å²) < 4.78 is 10.6. The number of hydrogen-bond acceptors (Lipinski definition) is 3. The largest absolute Gasteiger partial charge is 0.172 e. The van der Waals surface area contributed by atoms with Gasteiger partial charge in [0.05, 0.1) is 11.7 Å². The van der Waals surface area contributed by atoms with Crippen LogP contribution in [0.4, 0.5) is 0 Å². The van der Waals surface area contributed by atoms with Crippen LogP contribution in [0, 0.1) is 0 Å². The molecule has 12 aromatic carbocycles. The molecule has 3 heteroatoms. The van der Waals surface area contributed by atoms with Crippen molar-refractivity contribution >= 4 is 141 Å². The van der Waals surface area contributed by atoms with Gasteiger partial charge in [-0.2, -0.15) is 8.75 Å². The Balaban J connectivity index is 1.38. The fourth-order valence-corrected chi connectivity index (χ4v) is 12.9. The van der Waals surface area contributed by atoms with Crippen LogP contribution < -0.4 is 0 Å². The first-order chi connectivity index (χ1) is 30.1. The van der Waals surface area contributed by atoms with E-state index in [1.165, 1.54) is 204 Å². The molecular formula is C58H50N2S. The predicted octanol–water partition coefficient (Wildman–Crippen LogP) is 17.5. The van der Waals surface area contributed by atoms with Crippen molar-refractivity contribution in [3.63, 3.8) is 0 Å². The second-order valence-electron chi connectivity index (χ2n) is 18.5. The van der Waals surface area contributed by atoms with Crippen LogP contribution in [0.5, 0.6) is 0 Å². The van der Waals surface area contributed by atoms with Gasteiger partial charge in [-0.3, -0.25) is 0 Å². The van der Waals surface area contributed by atoms with Gasteiger partial charge in [0.2, 0.25) is 0 Å². The summed E-state index contributed by atoms with van der Waals surface area (Å²) in [6.07, 6.45) is 13.9. The number of fused-ring (bicyclic) bond motifs is 12. The number of benzene rings is 12. The molecular weight excluding hydrogens is 757 g/mol. The molecule has 0 aliphatic rings. The molecule has 0 fully saturated rings. The maximum absolute atomic E-state index is 5.30. The standard InChI is InChI=1S/C58H50N2S/c1-5-9-15-31-23-25-35-37-19-13-21-39-47(37)49-43(41(35)27-31)29-33(17-11-7-3)45-46-34(18-12-8-4)30-44-42-28-32(16-10-6-2)24-26-36(42)38-20-14-22-40-48(38)50(44)54(46)56-52(40)58-57(59-61-60-58)51(39)55(56)53(45)49/h13-14,19-30H,5-12,15-18H2,1-4H3. The lowest BCUT2D eigenvalue weighted by molar-refractivity contribution is 0.796. The minimum atomic E-state index is 1.06. The molecule has 0 unspecified atom stereocenters. The molecule has 13 aromatic rings. The second kappa shape index (κ2) is 13.4. The van der Waals surface area contributed by atoms with E-state index in [9.17, 15) is 0 Å². The minimum absolute atomic E-state index is 1.06. The second-order valence-corrected chi connectivity index (χ2v) is 19.0. The Kier molecular flexibility index (Phi) is 7.94. The number of nitrogens with zero attached hydrogens (tertiary/aromatic N) is 2. The van der Waals surface area contributed by atoms with Crippen LogP contribution in [-0.2, 0) is 25.7 Å². The molecule has 0 saturated carbocycles. The Morgan fingerprint density at radius 2 is 0.738 bits per heavy atom. The quantitative estimate of drug-likeness (QED) is 0.0908. The Hall–Kier alpha value is -5.64. The molecule has 298 valence electrons.